The summed E-state index contributed by atoms with van der Waals surface area (Å²) in [6, 6.07) is 5.84. The van der Waals surface area contributed by atoms with Crippen molar-refractivity contribution in [3.63, 3.8) is 0 Å². The van der Waals surface area contributed by atoms with E-state index in [1.165, 1.54) is 18.2 Å². The number of fused-ring (bicyclic) bond motifs is 1. The number of carbonyl (C=O) groups is 2. The third kappa shape index (κ3) is 3.22. The lowest BCUT2D eigenvalue weighted by molar-refractivity contribution is 0.0620. The minimum atomic E-state index is -1.67. The predicted octanol–water partition coefficient (Wildman–Crippen LogP) is 4.10. The third-order valence-corrected chi connectivity index (χ3v) is 3.80. The quantitative estimate of drug-likeness (QED) is 0.831. The number of amides is 1. The van der Waals surface area contributed by atoms with Crippen molar-refractivity contribution in [1.29, 1.82) is 0 Å². The van der Waals surface area contributed by atoms with E-state index in [1.807, 2.05) is 0 Å². The van der Waals surface area contributed by atoms with E-state index in [1.54, 1.807) is 13.8 Å². The first kappa shape index (κ1) is 17.0. The molecule has 0 aliphatic carbocycles. The van der Waals surface area contributed by atoms with Crippen molar-refractivity contribution in [3.8, 4) is 5.75 Å². The van der Waals surface area contributed by atoms with Gasteiger partial charge < -0.3 is 10.1 Å². The molecule has 0 bridgehead atoms. The number of benzene rings is 2. The Morgan fingerprint density at radius 1 is 1.12 bits per heavy atom. The molecule has 7 heteroatoms. The highest BCUT2D eigenvalue weighted by Gasteiger charge is 2.32. The molecule has 1 N–H and O–H groups in total. The topological polar surface area (TPSA) is 55.4 Å². The second kappa shape index (κ2) is 5.91. The Morgan fingerprint density at radius 3 is 2.56 bits per heavy atom. The molecule has 0 atom stereocenters. The minimum absolute atomic E-state index is 0.0690. The molecular weight excluding hydrogens is 335 g/mol. The molecule has 1 amide bonds. The highest BCUT2D eigenvalue weighted by molar-refractivity contribution is 6.07. The maximum absolute atomic E-state index is 13.7. The summed E-state index contributed by atoms with van der Waals surface area (Å²) in [5.74, 6) is -5.10. The van der Waals surface area contributed by atoms with Crippen LogP contribution >= 0.6 is 0 Å². The number of anilines is 1. The van der Waals surface area contributed by atoms with Crippen molar-refractivity contribution in [2.45, 2.75) is 25.9 Å². The standard InChI is InChI=1S/C18H14F3NO3/c1-18(2)8-13(23)10-7-9(3-6-14(10)25-18)17(24)22-12-5-4-11(19)15(20)16(12)21/h3-7H,8H2,1-2H3,(H,22,24). The van der Waals surface area contributed by atoms with Gasteiger partial charge in [0.15, 0.2) is 23.2 Å². The molecular formula is C18H14F3NO3. The summed E-state index contributed by atoms with van der Waals surface area (Å²) in [5, 5.41) is 2.16. The largest absolute Gasteiger partial charge is 0.487 e. The van der Waals surface area contributed by atoms with Gasteiger partial charge in [0.25, 0.3) is 5.91 Å². The van der Waals surface area contributed by atoms with Crippen molar-refractivity contribution in [3.05, 3.63) is 58.9 Å². The Bertz CT molecular complexity index is 893. The number of ketones is 1. The van der Waals surface area contributed by atoms with E-state index in [2.05, 4.69) is 5.32 Å². The second-order valence-corrected chi connectivity index (χ2v) is 6.35. The molecule has 0 unspecified atom stereocenters. The molecule has 0 saturated heterocycles. The monoisotopic (exact) mass is 349 g/mol. The maximum atomic E-state index is 13.7. The molecule has 0 spiro atoms. The number of halogens is 3. The van der Waals surface area contributed by atoms with Gasteiger partial charge in [-0.15, -0.1) is 0 Å². The molecule has 4 nitrogen and oxygen atoms in total. The first-order valence-electron chi connectivity index (χ1n) is 7.49. The lowest BCUT2D eigenvalue weighted by atomic mass is 9.92. The number of nitrogens with one attached hydrogen (secondary N) is 1. The van der Waals surface area contributed by atoms with Crippen LogP contribution in [-0.4, -0.2) is 17.3 Å². The van der Waals surface area contributed by atoms with Crippen molar-refractivity contribution < 1.29 is 27.5 Å². The van der Waals surface area contributed by atoms with Crippen LogP contribution in [0.3, 0.4) is 0 Å². The Hall–Kier alpha value is -2.83. The van der Waals surface area contributed by atoms with Gasteiger partial charge >= 0.3 is 0 Å². The molecule has 2 aromatic rings. The van der Waals surface area contributed by atoms with Crippen LogP contribution in [0.15, 0.2) is 30.3 Å². The van der Waals surface area contributed by atoms with E-state index < -0.39 is 34.6 Å². The van der Waals surface area contributed by atoms with Gasteiger partial charge in [-0.3, -0.25) is 9.59 Å². The third-order valence-electron chi connectivity index (χ3n) is 3.80. The fraction of sp³-hybridized carbons (Fsp3) is 0.222. The molecule has 130 valence electrons. The van der Waals surface area contributed by atoms with Crippen LogP contribution in [0.2, 0.25) is 0 Å². The van der Waals surface area contributed by atoms with Crippen LogP contribution in [-0.2, 0) is 0 Å². The van der Waals surface area contributed by atoms with Crippen molar-refractivity contribution in [2.24, 2.45) is 0 Å². The van der Waals surface area contributed by atoms with E-state index in [4.69, 9.17) is 4.74 Å². The maximum Gasteiger partial charge on any atom is 0.255 e. The van der Waals surface area contributed by atoms with Crippen LogP contribution < -0.4 is 10.1 Å². The van der Waals surface area contributed by atoms with Crippen LogP contribution in [0.5, 0.6) is 5.75 Å². The van der Waals surface area contributed by atoms with Gasteiger partial charge in [0, 0.05) is 5.56 Å². The van der Waals surface area contributed by atoms with E-state index in [0.717, 1.165) is 6.07 Å². The van der Waals surface area contributed by atoms with Gasteiger partial charge in [0.1, 0.15) is 11.4 Å². The summed E-state index contributed by atoms with van der Waals surface area (Å²) in [6.45, 7) is 3.56. The zero-order chi connectivity index (χ0) is 18.4. The van der Waals surface area contributed by atoms with Crippen LogP contribution in [0, 0.1) is 17.5 Å². The molecule has 1 heterocycles. The summed E-state index contributed by atoms with van der Waals surface area (Å²) in [7, 11) is 0. The molecule has 3 rings (SSSR count). The van der Waals surface area contributed by atoms with Gasteiger partial charge in [0.2, 0.25) is 0 Å². The van der Waals surface area contributed by atoms with Gasteiger partial charge in [-0.05, 0) is 44.2 Å². The van der Waals surface area contributed by atoms with E-state index >= 15 is 0 Å². The Morgan fingerprint density at radius 2 is 1.84 bits per heavy atom. The zero-order valence-electron chi connectivity index (χ0n) is 13.5. The lowest BCUT2D eigenvalue weighted by Crippen LogP contribution is -2.36. The second-order valence-electron chi connectivity index (χ2n) is 6.35. The van der Waals surface area contributed by atoms with Crippen molar-refractivity contribution in [1.82, 2.24) is 0 Å². The van der Waals surface area contributed by atoms with Crippen molar-refractivity contribution in [2.75, 3.05) is 5.32 Å². The molecule has 2 aromatic carbocycles. The van der Waals surface area contributed by atoms with Gasteiger partial charge in [-0.25, -0.2) is 13.2 Å². The summed E-state index contributed by atoms with van der Waals surface area (Å²) >= 11 is 0. The van der Waals surface area contributed by atoms with E-state index in [-0.39, 0.29) is 23.3 Å². The number of rotatable bonds is 2. The summed E-state index contributed by atoms with van der Waals surface area (Å²) in [6.07, 6.45) is 0.156. The first-order valence-corrected chi connectivity index (χ1v) is 7.49. The highest BCUT2D eigenvalue weighted by atomic mass is 19.2. The normalized spacial score (nSPS) is 15.3. The molecule has 25 heavy (non-hydrogen) atoms. The Labute approximate surface area is 141 Å². The minimum Gasteiger partial charge on any atom is -0.487 e. The molecule has 0 radical (unpaired) electrons. The van der Waals surface area contributed by atoms with Gasteiger partial charge in [-0.2, -0.15) is 0 Å². The fourth-order valence-corrected chi connectivity index (χ4v) is 2.61. The summed E-state index contributed by atoms with van der Waals surface area (Å²) in [4.78, 5) is 24.4. The van der Waals surface area contributed by atoms with Crippen molar-refractivity contribution >= 4 is 17.4 Å². The Balaban J connectivity index is 1.88. The number of carbonyl (C=O) groups excluding carboxylic acids is 2. The highest BCUT2D eigenvalue weighted by Crippen LogP contribution is 2.33. The van der Waals surface area contributed by atoms with Crippen LogP contribution in [0.1, 0.15) is 41.0 Å². The van der Waals surface area contributed by atoms with Crippen LogP contribution in [0.25, 0.3) is 0 Å². The molecule has 0 aromatic heterocycles. The molecule has 0 saturated carbocycles. The predicted molar refractivity (Wildman–Crippen MR) is 84.4 cm³/mol. The molecule has 0 fully saturated rings. The fourth-order valence-electron chi connectivity index (χ4n) is 2.61. The molecule has 1 aliphatic rings. The average Bonchev–Trinajstić information content (AvgIpc) is 2.54. The smallest absolute Gasteiger partial charge is 0.255 e. The number of hydrogen-bond acceptors (Lipinski definition) is 3. The van der Waals surface area contributed by atoms with Gasteiger partial charge in [-0.1, -0.05) is 0 Å². The first-order chi connectivity index (χ1) is 11.7. The SMILES string of the molecule is CC1(C)CC(=O)c2cc(C(=O)Nc3ccc(F)c(F)c3F)ccc2O1. The number of ether oxygens (including phenoxy) is 1. The van der Waals surface area contributed by atoms with Gasteiger partial charge in [0.05, 0.1) is 17.7 Å². The number of hydrogen-bond donors (Lipinski definition) is 1. The van der Waals surface area contributed by atoms with E-state index in [9.17, 15) is 22.8 Å². The average molecular weight is 349 g/mol. The summed E-state index contributed by atoms with van der Waals surface area (Å²) in [5.41, 5.74) is -0.814. The van der Waals surface area contributed by atoms with Crippen LogP contribution in [0.4, 0.5) is 18.9 Å². The van der Waals surface area contributed by atoms with E-state index in [0.29, 0.717) is 11.8 Å². The zero-order valence-corrected chi connectivity index (χ0v) is 13.5. The lowest BCUT2D eigenvalue weighted by Gasteiger charge is -2.31. The number of Topliss-reactive ketones (excluding diaryl/α,β-unsaturated/α-hetero) is 1. The Kier molecular flexibility index (Phi) is 4.02. The summed E-state index contributed by atoms with van der Waals surface area (Å²) < 4.78 is 45.5. The molecule has 1 aliphatic heterocycles.